The largest absolute Gasteiger partial charge is 0.435 e. The van der Waals surface area contributed by atoms with E-state index in [1.807, 2.05) is 0 Å². The van der Waals surface area contributed by atoms with Crippen molar-refractivity contribution in [3.05, 3.63) is 68.7 Å². The number of likely N-dealkylation sites (N-methyl/N-ethyl adjacent to an activating group) is 1. The topological polar surface area (TPSA) is 71.0 Å². The lowest BCUT2D eigenvalue weighted by atomic mass is 9.86. The van der Waals surface area contributed by atoms with Crippen LogP contribution in [-0.4, -0.2) is 49.2 Å². The summed E-state index contributed by atoms with van der Waals surface area (Å²) < 4.78 is 42.4. The molecule has 0 radical (unpaired) electrons. The summed E-state index contributed by atoms with van der Waals surface area (Å²) in [5.74, 6) is -0.753. The lowest BCUT2D eigenvalue weighted by Crippen LogP contribution is -2.42. The van der Waals surface area contributed by atoms with Gasteiger partial charge in [-0.15, -0.1) is 0 Å². The molecule has 1 N–H and O–H groups in total. The van der Waals surface area contributed by atoms with Gasteiger partial charge in [-0.1, -0.05) is 34.4 Å². The van der Waals surface area contributed by atoms with Gasteiger partial charge in [0, 0.05) is 41.7 Å². The molecule has 0 fully saturated rings. The number of rotatable bonds is 5. The second-order valence-corrected chi connectivity index (χ2v) is 8.66. The van der Waals surface area contributed by atoms with Crippen LogP contribution >= 0.6 is 23.2 Å². The van der Waals surface area contributed by atoms with E-state index in [1.54, 1.807) is 27.1 Å². The number of carbonyl (C=O) groups excluding carboxylic acids is 2. The molecule has 2 aromatic carbocycles. The zero-order valence-corrected chi connectivity index (χ0v) is 19.4. The van der Waals surface area contributed by atoms with E-state index in [0.717, 1.165) is 12.1 Å². The molecule has 0 saturated heterocycles. The highest BCUT2D eigenvalue weighted by Gasteiger charge is 2.62. The van der Waals surface area contributed by atoms with Crippen molar-refractivity contribution in [2.75, 3.05) is 20.6 Å². The zero-order valence-electron chi connectivity index (χ0n) is 17.9. The summed E-state index contributed by atoms with van der Waals surface area (Å²) in [6.07, 6.45) is -5.41. The number of nitrogens with zero attached hydrogens (tertiary/aromatic N) is 2. The molecule has 6 nitrogen and oxygen atoms in total. The molecule has 3 rings (SSSR count). The van der Waals surface area contributed by atoms with Crippen LogP contribution in [0.3, 0.4) is 0 Å². The van der Waals surface area contributed by atoms with E-state index in [1.165, 1.54) is 23.1 Å². The third kappa shape index (κ3) is 5.09. The molecule has 176 valence electrons. The van der Waals surface area contributed by atoms with Gasteiger partial charge in [0.15, 0.2) is 0 Å². The molecule has 11 heteroatoms. The number of nitrogens with one attached hydrogen (secondary N) is 1. The van der Waals surface area contributed by atoms with E-state index in [0.29, 0.717) is 11.1 Å². The first kappa shape index (κ1) is 24.9. The van der Waals surface area contributed by atoms with E-state index < -0.39 is 24.1 Å². The van der Waals surface area contributed by atoms with Crippen molar-refractivity contribution in [2.45, 2.75) is 25.1 Å². The SMILES string of the molecule is Cc1cc(C2=NOC(c3cc(Cl)cc(Cl)c3)(C(F)(F)F)C2)ccc1C(=O)NCC(=O)N(C)C. The first-order valence-corrected chi connectivity index (χ1v) is 10.5. The Labute approximate surface area is 198 Å². The summed E-state index contributed by atoms with van der Waals surface area (Å²) >= 11 is 11.8. The van der Waals surface area contributed by atoms with Crippen LogP contribution in [0.4, 0.5) is 13.2 Å². The van der Waals surface area contributed by atoms with E-state index in [4.69, 9.17) is 28.0 Å². The number of amides is 2. The maximum Gasteiger partial charge on any atom is 0.435 e. The van der Waals surface area contributed by atoms with E-state index >= 15 is 0 Å². The summed E-state index contributed by atoms with van der Waals surface area (Å²) in [6, 6.07) is 8.11. The lowest BCUT2D eigenvalue weighted by Gasteiger charge is -2.29. The quantitative estimate of drug-likeness (QED) is 0.645. The van der Waals surface area contributed by atoms with Gasteiger partial charge in [0.05, 0.1) is 12.3 Å². The third-order valence-electron chi connectivity index (χ3n) is 5.22. The average molecular weight is 502 g/mol. The Morgan fingerprint density at radius 3 is 2.33 bits per heavy atom. The summed E-state index contributed by atoms with van der Waals surface area (Å²) in [4.78, 5) is 30.4. The molecule has 0 aliphatic carbocycles. The van der Waals surface area contributed by atoms with Gasteiger partial charge < -0.3 is 15.1 Å². The van der Waals surface area contributed by atoms with Gasteiger partial charge in [-0.05, 0) is 48.4 Å². The van der Waals surface area contributed by atoms with Gasteiger partial charge in [0.2, 0.25) is 5.91 Å². The van der Waals surface area contributed by atoms with Crippen LogP contribution in [0.15, 0.2) is 41.6 Å². The van der Waals surface area contributed by atoms with Gasteiger partial charge in [0.1, 0.15) is 0 Å². The lowest BCUT2D eigenvalue weighted by molar-refractivity contribution is -0.275. The molecule has 2 aromatic rings. The number of carbonyl (C=O) groups is 2. The fourth-order valence-electron chi connectivity index (χ4n) is 3.35. The molecule has 0 bridgehead atoms. The molecular formula is C22H20Cl2F3N3O3. The average Bonchev–Trinajstić information content (AvgIpc) is 3.18. The minimum Gasteiger partial charge on any atom is -0.374 e. The predicted octanol–water partition coefficient (Wildman–Crippen LogP) is 4.70. The molecule has 0 saturated carbocycles. The van der Waals surface area contributed by atoms with Gasteiger partial charge in [-0.2, -0.15) is 13.2 Å². The Hall–Kier alpha value is -2.78. The Bertz CT molecular complexity index is 1120. The van der Waals surface area contributed by atoms with Crippen LogP contribution < -0.4 is 5.32 Å². The summed E-state index contributed by atoms with van der Waals surface area (Å²) in [6.45, 7) is 1.46. The molecular weight excluding hydrogens is 482 g/mol. The molecule has 2 amide bonds. The summed E-state index contributed by atoms with van der Waals surface area (Å²) in [5.41, 5.74) is -1.79. The fraction of sp³-hybridized carbons (Fsp3) is 0.318. The molecule has 1 unspecified atom stereocenters. The van der Waals surface area contributed by atoms with Crippen LogP contribution in [0, 0.1) is 6.92 Å². The minimum atomic E-state index is -4.81. The fourth-order valence-corrected chi connectivity index (χ4v) is 3.88. The summed E-state index contributed by atoms with van der Waals surface area (Å²) in [7, 11) is 3.13. The van der Waals surface area contributed by atoms with Crippen LogP contribution in [0.1, 0.15) is 33.5 Å². The number of halogens is 5. The first-order valence-electron chi connectivity index (χ1n) is 9.72. The van der Waals surface area contributed by atoms with Crippen LogP contribution in [-0.2, 0) is 15.2 Å². The Morgan fingerprint density at radius 2 is 1.79 bits per heavy atom. The van der Waals surface area contributed by atoms with Crippen LogP contribution in [0.25, 0.3) is 0 Å². The third-order valence-corrected chi connectivity index (χ3v) is 5.65. The smallest absolute Gasteiger partial charge is 0.374 e. The maximum absolute atomic E-state index is 14.1. The van der Waals surface area contributed by atoms with Crippen LogP contribution in [0.2, 0.25) is 10.0 Å². The number of oxime groups is 1. The monoisotopic (exact) mass is 501 g/mol. The molecule has 1 heterocycles. The molecule has 1 aliphatic rings. The molecule has 33 heavy (non-hydrogen) atoms. The van der Waals surface area contributed by atoms with Crippen molar-refractivity contribution in [1.82, 2.24) is 10.2 Å². The minimum absolute atomic E-state index is 0.0390. The molecule has 1 aliphatic heterocycles. The van der Waals surface area contributed by atoms with Crippen molar-refractivity contribution in [1.29, 1.82) is 0 Å². The Morgan fingerprint density at radius 1 is 1.15 bits per heavy atom. The normalized spacial score (nSPS) is 17.9. The van der Waals surface area contributed by atoms with E-state index in [-0.39, 0.29) is 39.3 Å². The van der Waals surface area contributed by atoms with Crippen molar-refractivity contribution < 1.29 is 27.6 Å². The highest BCUT2D eigenvalue weighted by Crippen LogP contribution is 2.49. The Balaban J connectivity index is 1.85. The van der Waals surface area contributed by atoms with Crippen molar-refractivity contribution in [3.8, 4) is 0 Å². The second kappa shape index (κ2) is 9.23. The second-order valence-electron chi connectivity index (χ2n) is 7.79. The number of hydrogen-bond donors (Lipinski definition) is 1. The standard InChI is InChI=1S/C22H20Cl2F3N3O3/c1-12-6-13(4-5-17(12)20(32)28-11-19(31)30(2)3)18-10-21(33-29-18,22(25,26)27)14-7-15(23)9-16(24)8-14/h4-9H,10-11H2,1-3H3,(H,28,32). The van der Waals surface area contributed by atoms with Crippen molar-refractivity contribution in [3.63, 3.8) is 0 Å². The number of alkyl halides is 3. The van der Waals surface area contributed by atoms with Gasteiger partial charge in [-0.25, -0.2) is 0 Å². The zero-order chi connectivity index (χ0) is 24.6. The van der Waals surface area contributed by atoms with Gasteiger partial charge >= 0.3 is 6.18 Å². The van der Waals surface area contributed by atoms with Crippen molar-refractivity contribution >= 4 is 40.7 Å². The molecule has 0 aromatic heterocycles. The number of hydrogen-bond acceptors (Lipinski definition) is 4. The summed E-state index contributed by atoms with van der Waals surface area (Å²) in [5, 5.41) is 6.31. The Kier molecular flexibility index (Phi) is 6.95. The van der Waals surface area contributed by atoms with Crippen LogP contribution in [0.5, 0.6) is 0 Å². The van der Waals surface area contributed by atoms with Gasteiger partial charge in [-0.3, -0.25) is 9.59 Å². The highest BCUT2D eigenvalue weighted by atomic mass is 35.5. The number of aryl methyl sites for hydroxylation is 1. The van der Waals surface area contributed by atoms with E-state index in [2.05, 4.69) is 10.5 Å². The molecule has 1 atom stereocenters. The van der Waals surface area contributed by atoms with E-state index in [9.17, 15) is 22.8 Å². The first-order chi connectivity index (χ1) is 15.3. The maximum atomic E-state index is 14.1. The molecule has 0 spiro atoms. The highest BCUT2D eigenvalue weighted by molar-refractivity contribution is 6.34. The number of benzene rings is 2. The predicted molar refractivity (Wildman–Crippen MR) is 119 cm³/mol. The van der Waals surface area contributed by atoms with Gasteiger partial charge in [0.25, 0.3) is 11.5 Å². The van der Waals surface area contributed by atoms with Crippen molar-refractivity contribution in [2.24, 2.45) is 5.16 Å².